The summed E-state index contributed by atoms with van der Waals surface area (Å²) >= 11 is 0. The van der Waals surface area contributed by atoms with Gasteiger partial charge in [-0.3, -0.25) is 14.7 Å². The summed E-state index contributed by atoms with van der Waals surface area (Å²) in [5, 5.41) is 6.89. The fourth-order valence-corrected chi connectivity index (χ4v) is 4.25. The van der Waals surface area contributed by atoms with E-state index in [4.69, 9.17) is 0 Å². The van der Waals surface area contributed by atoms with Gasteiger partial charge in [0.2, 0.25) is 5.91 Å². The van der Waals surface area contributed by atoms with E-state index >= 15 is 0 Å². The number of nitrogens with zero attached hydrogens (tertiary/aromatic N) is 4. The minimum absolute atomic E-state index is 0.242. The molecule has 0 radical (unpaired) electrons. The van der Waals surface area contributed by atoms with Gasteiger partial charge in [0.1, 0.15) is 0 Å². The van der Waals surface area contributed by atoms with Gasteiger partial charge in [0.05, 0.1) is 0 Å². The Kier molecular flexibility index (Phi) is 8.81. The number of guanidine groups is 1. The van der Waals surface area contributed by atoms with Gasteiger partial charge < -0.3 is 20.4 Å². The van der Waals surface area contributed by atoms with E-state index in [-0.39, 0.29) is 5.91 Å². The van der Waals surface area contributed by atoms with Crippen molar-refractivity contribution >= 4 is 17.6 Å². The number of hydrogen-bond donors (Lipinski definition) is 2. The lowest BCUT2D eigenvalue weighted by molar-refractivity contribution is -0.129. The molecule has 1 amide bonds. The number of rotatable bonds is 8. The maximum absolute atomic E-state index is 11.8. The number of carbonyl (C=O) groups excluding carboxylic acids is 1. The van der Waals surface area contributed by atoms with E-state index in [9.17, 15) is 4.79 Å². The molecule has 2 fully saturated rings. The van der Waals surface area contributed by atoms with E-state index < -0.39 is 0 Å². The summed E-state index contributed by atoms with van der Waals surface area (Å²) in [5.41, 5.74) is 1.34. The zero-order valence-electron chi connectivity index (χ0n) is 18.6. The van der Waals surface area contributed by atoms with Gasteiger partial charge in [-0.1, -0.05) is 25.1 Å². The molecule has 0 saturated carbocycles. The molecule has 2 N–H and O–H groups in total. The van der Waals surface area contributed by atoms with Crippen LogP contribution < -0.4 is 15.5 Å². The Hall–Kier alpha value is -2.28. The second-order valence-electron chi connectivity index (χ2n) is 8.19. The maximum Gasteiger partial charge on any atom is 0.222 e. The predicted octanol–water partition coefficient (Wildman–Crippen LogP) is 1.76. The van der Waals surface area contributed by atoms with E-state index in [0.29, 0.717) is 12.5 Å². The van der Waals surface area contributed by atoms with Crippen molar-refractivity contribution in [3.63, 3.8) is 0 Å². The van der Waals surface area contributed by atoms with Gasteiger partial charge >= 0.3 is 0 Å². The Morgan fingerprint density at radius 3 is 2.57 bits per heavy atom. The number of piperazine rings is 1. The van der Waals surface area contributed by atoms with E-state index in [2.05, 4.69) is 55.8 Å². The summed E-state index contributed by atoms with van der Waals surface area (Å²) < 4.78 is 0. The molecule has 1 unspecified atom stereocenters. The van der Waals surface area contributed by atoms with Crippen molar-refractivity contribution in [1.29, 1.82) is 0 Å². The van der Waals surface area contributed by atoms with Crippen LogP contribution in [0, 0.1) is 0 Å². The Labute approximate surface area is 181 Å². The van der Waals surface area contributed by atoms with Crippen LogP contribution in [0.25, 0.3) is 0 Å². The van der Waals surface area contributed by atoms with E-state index in [1.54, 1.807) is 0 Å². The van der Waals surface area contributed by atoms with Crippen LogP contribution in [-0.4, -0.2) is 87.1 Å². The molecule has 1 aromatic carbocycles. The molecular formula is C23H38N6O. The van der Waals surface area contributed by atoms with E-state index in [1.807, 2.05) is 18.9 Å². The second kappa shape index (κ2) is 11.8. The molecule has 2 heterocycles. The second-order valence-corrected chi connectivity index (χ2v) is 8.19. The predicted molar refractivity (Wildman–Crippen MR) is 124 cm³/mol. The number of likely N-dealkylation sites (tertiary alicyclic amines) is 1. The Morgan fingerprint density at radius 2 is 1.87 bits per heavy atom. The van der Waals surface area contributed by atoms with Crippen molar-refractivity contribution in [2.45, 2.75) is 38.6 Å². The van der Waals surface area contributed by atoms with Gasteiger partial charge in [0, 0.05) is 71.0 Å². The Bertz CT molecular complexity index is 672. The third-order valence-corrected chi connectivity index (χ3v) is 6.10. The molecule has 2 aliphatic heterocycles. The lowest BCUT2D eigenvalue weighted by Crippen LogP contribution is -2.47. The molecule has 7 nitrogen and oxygen atoms in total. The van der Waals surface area contributed by atoms with Crippen LogP contribution in [0.3, 0.4) is 0 Å². The average molecular weight is 415 g/mol. The third-order valence-electron chi connectivity index (χ3n) is 6.10. The van der Waals surface area contributed by atoms with Crippen LogP contribution >= 0.6 is 0 Å². The summed E-state index contributed by atoms with van der Waals surface area (Å²) in [6.45, 7) is 10.1. The first kappa shape index (κ1) is 22.4. The number of anilines is 1. The van der Waals surface area contributed by atoms with Crippen LogP contribution in [0.2, 0.25) is 0 Å². The van der Waals surface area contributed by atoms with Crippen molar-refractivity contribution in [1.82, 2.24) is 20.4 Å². The van der Waals surface area contributed by atoms with E-state index in [0.717, 1.165) is 71.2 Å². The van der Waals surface area contributed by atoms with Crippen LogP contribution in [0.4, 0.5) is 5.69 Å². The number of nitrogens with one attached hydrogen (secondary N) is 2. The van der Waals surface area contributed by atoms with E-state index in [1.165, 1.54) is 12.1 Å². The summed E-state index contributed by atoms with van der Waals surface area (Å²) in [6, 6.07) is 11.0. The highest BCUT2D eigenvalue weighted by atomic mass is 16.2. The van der Waals surface area contributed by atoms with Crippen LogP contribution in [0.15, 0.2) is 35.3 Å². The lowest BCUT2D eigenvalue weighted by atomic mass is 10.2. The SMILES string of the molecule is CCC(=O)N1CCC(NC(=NC)NCCCCN2CCN(c3ccccc3)CC2)C1. The smallest absolute Gasteiger partial charge is 0.222 e. The number of unbranched alkanes of at least 4 members (excludes halogenated alkanes) is 1. The quantitative estimate of drug-likeness (QED) is 0.386. The highest BCUT2D eigenvalue weighted by Crippen LogP contribution is 2.15. The standard InChI is InChI=1S/C23H38N6O/c1-3-22(30)29-14-11-20(19-29)26-23(24-2)25-12-7-8-13-27-15-17-28(18-16-27)21-9-5-4-6-10-21/h4-6,9-10,20H,3,7-8,11-19H2,1-2H3,(H2,24,25,26). The maximum atomic E-state index is 11.8. The molecular weight excluding hydrogens is 376 g/mol. The molecule has 2 aliphatic rings. The van der Waals surface area contributed by atoms with Gasteiger partial charge in [-0.15, -0.1) is 0 Å². The molecule has 0 bridgehead atoms. The molecule has 0 aromatic heterocycles. The molecule has 3 rings (SSSR count). The van der Waals surface area contributed by atoms with Crippen molar-refractivity contribution in [3.05, 3.63) is 30.3 Å². The van der Waals surface area contributed by atoms with Crippen molar-refractivity contribution < 1.29 is 4.79 Å². The summed E-state index contributed by atoms with van der Waals surface area (Å²) in [5.74, 6) is 1.09. The first-order valence-corrected chi connectivity index (χ1v) is 11.5. The summed E-state index contributed by atoms with van der Waals surface area (Å²) in [4.78, 5) is 23.2. The van der Waals surface area contributed by atoms with Gasteiger partial charge in [-0.05, 0) is 37.9 Å². The van der Waals surface area contributed by atoms with Crippen LogP contribution in [-0.2, 0) is 4.79 Å². The normalized spacial score (nSPS) is 20.5. The van der Waals surface area contributed by atoms with Gasteiger partial charge in [0.15, 0.2) is 5.96 Å². The molecule has 2 saturated heterocycles. The number of hydrogen-bond acceptors (Lipinski definition) is 4. The minimum atomic E-state index is 0.242. The molecule has 0 spiro atoms. The van der Waals surface area contributed by atoms with Crippen molar-refractivity contribution in [2.75, 3.05) is 64.3 Å². The van der Waals surface area contributed by atoms with Crippen molar-refractivity contribution in [3.8, 4) is 0 Å². The fraction of sp³-hybridized carbons (Fsp3) is 0.652. The number of benzene rings is 1. The largest absolute Gasteiger partial charge is 0.369 e. The third kappa shape index (κ3) is 6.62. The Balaban J connectivity index is 1.26. The van der Waals surface area contributed by atoms with Gasteiger partial charge in [-0.2, -0.15) is 0 Å². The highest BCUT2D eigenvalue weighted by molar-refractivity contribution is 5.80. The molecule has 166 valence electrons. The first-order chi connectivity index (χ1) is 14.7. The zero-order valence-corrected chi connectivity index (χ0v) is 18.6. The number of amides is 1. The van der Waals surface area contributed by atoms with Crippen molar-refractivity contribution in [2.24, 2.45) is 4.99 Å². The summed E-state index contributed by atoms with van der Waals surface area (Å²) in [7, 11) is 1.81. The van der Waals surface area contributed by atoms with Gasteiger partial charge in [0.25, 0.3) is 0 Å². The highest BCUT2D eigenvalue weighted by Gasteiger charge is 2.25. The molecule has 0 aliphatic carbocycles. The van der Waals surface area contributed by atoms with Gasteiger partial charge in [-0.25, -0.2) is 0 Å². The number of carbonyl (C=O) groups is 1. The first-order valence-electron chi connectivity index (χ1n) is 11.5. The molecule has 1 aromatic rings. The minimum Gasteiger partial charge on any atom is -0.369 e. The molecule has 1 atom stereocenters. The zero-order chi connectivity index (χ0) is 21.2. The number of aliphatic imine (C=N–C) groups is 1. The molecule has 7 heteroatoms. The van der Waals surface area contributed by atoms with Crippen LogP contribution in [0.1, 0.15) is 32.6 Å². The van der Waals surface area contributed by atoms with Crippen LogP contribution in [0.5, 0.6) is 0 Å². The number of para-hydroxylation sites is 1. The average Bonchev–Trinajstić information content (AvgIpc) is 3.27. The summed E-state index contributed by atoms with van der Waals surface area (Å²) in [6.07, 6.45) is 3.89. The fourth-order valence-electron chi connectivity index (χ4n) is 4.25. The lowest BCUT2D eigenvalue weighted by Gasteiger charge is -2.36. The monoisotopic (exact) mass is 414 g/mol. The molecule has 30 heavy (non-hydrogen) atoms. The Morgan fingerprint density at radius 1 is 1.10 bits per heavy atom. The topological polar surface area (TPSA) is 63.2 Å².